The van der Waals surface area contributed by atoms with Gasteiger partial charge >= 0.3 is 5.97 Å². The van der Waals surface area contributed by atoms with Crippen molar-refractivity contribution in [3.63, 3.8) is 0 Å². The van der Waals surface area contributed by atoms with Gasteiger partial charge in [0.15, 0.2) is 6.61 Å². The highest BCUT2D eigenvalue weighted by atomic mass is 35.5. The number of carbonyl (C=O) groups excluding carboxylic acids is 2. The number of benzene rings is 2. The van der Waals surface area contributed by atoms with E-state index in [1.807, 2.05) is 0 Å². The normalized spacial score (nSPS) is 16.0. The van der Waals surface area contributed by atoms with Gasteiger partial charge in [0.1, 0.15) is 0 Å². The maximum atomic E-state index is 12.3. The van der Waals surface area contributed by atoms with Crippen molar-refractivity contribution in [2.24, 2.45) is 0 Å². The summed E-state index contributed by atoms with van der Waals surface area (Å²) in [7, 11) is -3.41. The molecule has 0 spiro atoms. The van der Waals surface area contributed by atoms with Crippen LogP contribution in [0.4, 0.5) is 5.69 Å². The zero-order valence-corrected chi connectivity index (χ0v) is 17.4. The lowest BCUT2D eigenvalue weighted by Gasteiger charge is -2.21. The fraction of sp³-hybridized carbons (Fsp3) is 0.263. The van der Waals surface area contributed by atoms with Crippen LogP contribution in [0.5, 0.6) is 0 Å². The molecule has 0 saturated heterocycles. The van der Waals surface area contributed by atoms with Crippen molar-refractivity contribution in [1.29, 1.82) is 0 Å². The van der Waals surface area contributed by atoms with Crippen LogP contribution in [-0.4, -0.2) is 39.1 Å². The van der Waals surface area contributed by atoms with Crippen molar-refractivity contribution < 1.29 is 22.7 Å². The molecule has 1 atom stereocenters. The van der Waals surface area contributed by atoms with E-state index in [4.69, 9.17) is 27.9 Å². The fourth-order valence-electron chi connectivity index (χ4n) is 3.24. The average molecular weight is 442 g/mol. The lowest BCUT2D eigenvalue weighted by molar-refractivity contribution is 0.0474. The minimum Gasteiger partial charge on any atom is -0.454 e. The van der Waals surface area contributed by atoms with E-state index < -0.39 is 28.4 Å². The van der Waals surface area contributed by atoms with Crippen molar-refractivity contribution in [3.8, 4) is 0 Å². The summed E-state index contributed by atoms with van der Waals surface area (Å²) >= 11 is 11.8. The number of Topliss-reactive ketones (excluding diaryl/α,β-unsaturated/α-hetero) is 1. The monoisotopic (exact) mass is 441 g/mol. The molecule has 28 heavy (non-hydrogen) atoms. The molecule has 0 amide bonds. The van der Waals surface area contributed by atoms with Crippen molar-refractivity contribution in [3.05, 3.63) is 63.1 Å². The molecular formula is C19H17Cl2NO5S. The largest absolute Gasteiger partial charge is 0.454 e. The fourth-order valence-corrected chi connectivity index (χ4v) is 5.02. The van der Waals surface area contributed by atoms with Gasteiger partial charge in [-0.15, -0.1) is 0 Å². The molecule has 9 heteroatoms. The van der Waals surface area contributed by atoms with Crippen LogP contribution in [-0.2, 0) is 21.2 Å². The second-order valence-electron chi connectivity index (χ2n) is 6.58. The number of hydrogen-bond acceptors (Lipinski definition) is 5. The van der Waals surface area contributed by atoms with Crippen LogP contribution in [0.1, 0.15) is 33.2 Å². The Hall–Kier alpha value is -2.09. The van der Waals surface area contributed by atoms with Gasteiger partial charge in [0, 0.05) is 16.6 Å². The highest BCUT2D eigenvalue weighted by molar-refractivity contribution is 7.92. The van der Waals surface area contributed by atoms with Crippen molar-refractivity contribution >= 4 is 50.7 Å². The van der Waals surface area contributed by atoms with E-state index >= 15 is 0 Å². The van der Waals surface area contributed by atoms with E-state index in [2.05, 4.69) is 0 Å². The number of ketones is 1. The molecule has 2 aromatic rings. The summed E-state index contributed by atoms with van der Waals surface area (Å²) in [6.45, 7) is 1.33. The zero-order valence-electron chi connectivity index (χ0n) is 15.1. The summed E-state index contributed by atoms with van der Waals surface area (Å²) in [5.41, 5.74) is 1.75. The van der Waals surface area contributed by atoms with Crippen LogP contribution in [0.25, 0.3) is 0 Å². The Morgan fingerprint density at radius 3 is 2.54 bits per heavy atom. The lowest BCUT2D eigenvalue weighted by Crippen LogP contribution is -2.34. The Labute approximate surface area is 173 Å². The predicted octanol–water partition coefficient (Wildman–Crippen LogP) is 3.74. The second kappa shape index (κ2) is 7.73. The van der Waals surface area contributed by atoms with Gasteiger partial charge in [0.25, 0.3) is 0 Å². The van der Waals surface area contributed by atoms with E-state index in [9.17, 15) is 18.0 Å². The van der Waals surface area contributed by atoms with Crippen molar-refractivity contribution in [2.45, 2.75) is 19.4 Å². The molecule has 1 aliphatic rings. The number of nitrogens with zero attached hydrogens (tertiary/aromatic N) is 1. The number of anilines is 1. The summed E-state index contributed by atoms with van der Waals surface area (Å²) in [5.74, 6) is -1.13. The van der Waals surface area contributed by atoms with Crippen LogP contribution < -0.4 is 4.31 Å². The Bertz CT molecular complexity index is 1070. The van der Waals surface area contributed by atoms with Crippen molar-refractivity contribution in [2.75, 3.05) is 17.2 Å². The van der Waals surface area contributed by atoms with Gasteiger partial charge in [0.05, 0.1) is 22.5 Å². The number of esters is 1. The molecule has 0 radical (unpaired) electrons. The van der Waals surface area contributed by atoms with E-state index in [0.717, 1.165) is 11.8 Å². The van der Waals surface area contributed by atoms with Crippen molar-refractivity contribution in [1.82, 2.24) is 0 Å². The number of ether oxygens (including phenoxy) is 1. The molecule has 1 unspecified atom stereocenters. The lowest BCUT2D eigenvalue weighted by atomic mass is 10.1. The molecule has 2 aromatic carbocycles. The number of carbonyl (C=O) groups is 2. The minimum absolute atomic E-state index is 0.181. The molecule has 0 aliphatic carbocycles. The molecule has 1 heterocycles. The Morgan fingerprint density at radius 2 is 1.89 bits per heavy atom. The molecule has 0 fully saturated rings. The first-order chi connectivity index (χ1) is 13.1. The summed E-state index contributed by atoms with van der Waals surface area (Å²) in [6, 6.07) is 8.86. The number of halogens is 2. The van der Waals surface area contributed by atoms with E-state index in [1.54, 1.807) is 19.1 Å². The van der Waals surface area contributed by atoms with Crippen LogP contribution >= 0.6 is 23.2 Å². The number of sulfonamides is 1. The van der Waals surface area contributed by atoms with E-state index in [-0.39, 0.29) is 22.2 Å². The quantitative estimate of drug-likeness (QED) is 0.521. The summed E-state index contributed by atoms with van der Waals surface area (Å²) in [6.07, 6.45) is 1.64. The van der Waals surface area contributed by atoms with Gasteiger partial charge in [-0.2, -0.15) is 0 Å². The van der Waals surface area contributed by atoms with Gasteiger partial charge < -0.3 is 4.74 Å². The molecule has 1 aliphatic heterocycles. The van der Waals surface area contributed by atoms with E-state index in [0.29, 0.717) is 17.1 Å². The Kier molecular flexibility index (Phi) is 5.70. The van der Waals surface area contributed by atoms with Gasteiger partial charge in [-0.3, -0.25) is 9.10 Å². The maximum Gasteiger partial charge on any atom is 0.338 e. The van der Waals surface area contributed by atoms with Crippen LogP contribution in [0.3, 0.4) is 0 Å². The highest BCUT2D eigenvalue weighted by Gasteiger charge is 2.33. The SMILES string of the molecule is CC1Cc2cc(C(=O)OCC(=O)c3ccc(Cl)cc3Cl)ccc2N1S(C)(=O)=O. The molecule has 0 N–H and O–H groups in total. The third-order valence-corrected chi connectivity index (χ3v) is 6.21. The summed E-state index contributed by atoms with van der Waals surface area (Å²) in [5, 5.41) is 0.579. The summed E-state index contributed by atoms with van der Waals surface area (Å²) in [4.78, 5) is 24.5. The topological polar surface area (TPSA) is 80.8 Å². The first-order valence-electron chi connectivity index (χ1n) is 8.35. The molecule has 0 bridgehead atoms. The van der Waals surface area contributed by atoms with E-state index in [1.165, 1.54) is 28.6 Å². The number of fused-ring (bicyclic) bond motifs is 1. The standard InChI is InChI=1S/C19H17Cl2NO5S/c1-11-7-13-8-12(3-6-17(13)22(11)28(2,25)26)19(24)27-10-18(23)15-5-4-14(20)9-16(15)21/h3-6,8-9,11H,7,10H2,1-2H3. The molecule has 0 saturated carbocycles. The van der Waals surface area contributed by atoms with Crippen LogP contribution in [0, 0.1) is 0 Å². The van der Waals surface area contributed by atoms with Gasteiger partial charge in [-0.25, -0.2) is 13.2 Å². The smallest absolute Gasteiger partial charge is 0.338 e. The van der Waals surface area contributed by atoms with Crippen LogP contribution in [0.2, 0.25) is 10.0 Å². The molecule has 6 nitrogen and oxygen atoms in total. The average Bonchev–Trinajstić information content (AvgIpc) is 2.94. The first kappa shape index (κ1) is 20.6. The Balaban J connectivity index is 1.72. The molecule has 3 rings (SSSR count). The minimum atomic E-state index is -3.41. The first-order valence-corrected chi connectivity index (χ1v) is 11.0. The van der Waals surface area contributed by atoms with Gasteiger partial charge in [-0.1, -0.05) is 23.2 Å². The highest BCUT2D eigenvalue weighted by Crippen LogP contribution is 2.34. The van der Waals surface area contributed by atoms with Crippen LogP contribution in [0.15, 0.2) is 36.4 Å². The molecule has 0 aromatic heterocycles. The maximum absolute atomic E-state index is 12.3. The van der Waals surface area contributed by atoms with Gasteiger partial charge in [-0.05, 0) is 55.3 Å². The third-order valence-electron chi connectivity index (χ3n) is 4.39. The van der Waals surface area contributed by atoms with Gasteiger partial charge in [0.2, 0.25) is 15.8 Å². The molecular weight excluding hydrogens is 425 g/mol. The number of hydrogen-bond donors (Lipinski definition) is 0. The third kappa shape index (κ3) is 4.16. The zero-order chi connectivity index (χ0) is 20.6. The Morgan fingerprint density at radius 1 is 1.18 bits per heavy atom. The second-order valence-corrected chi connectivity index (χ2v) is 9.28. The predicted molar refractivity (Wildman–Crippen MR) is 108 cm³/mol. The number of rotatable bonds is 5. The molecule has 148 valence electrons. The summed E-state index contributed by atoms with van der Waals surface area (Å²) < 4.78 is 30.4.